The summed E-state index contributed by atoms with van der Waals surface area (Å²) in [6.07, 6.45) is 7.31. The summed E-state index contributed by atoms with van der Waals surface area (Å²) in [4.78, 5) is 13.3. The Morgan fingerprint density at radius 2 is 1.94 bits per heavy atom. The number of carbonyl (C=O) groups is 1. The Morgan fingerprint density at radius 1 is 1.29 bits per heavy atom. The highest BCUT2D eigenvalue weighted by Gasteiger charge is 2.48. The lowest BCUT2D eigenvalue weighted by atomic mass is 9.63. The van der Waals surface area contributed by atoms with Crippen LogP contribution >= 0.6 is 0 Å². The molecule has 0 aromatic rings. The largest absolute Gasteiger partial charge is 0.481 e. The molecule has 0 bridgehead atoms. The predicted molar refractivity (Wildman–Crippen MR) is 68.0 cm³/mol. The van der Waals surface area contributed by atoms with Crippen LogP contribution in [0.25, 0.3) is 0 Å². The van der Waals surface area contributed by atoms with E-state index in [0.717, 1.165) is 19.3 Å². The third-order valence-electron chi connectivity index (χ3n) is 4.80. The SMILES string of the molecule is CC(CCCC(C)N1CC2(CCC2)C1)C(=O)O. The van der Waals surface area contributed by atoms with E-state index in [2.05, 4.69) is 11.8 Å². The molecule has 2 fully saturated rings. The van der Waals surface area contributed by atoms with E-state index in [1.807, 2.05) is 0 Å². The molecule has 2 atom stereocenters. The molecule has 0 aromatic carbocycles. The molecule has 1 aliphatic carbocycles. The third kappa shape index (κ3) is 2.82. The van der Waals surface area contributed by atoms with Gasteiger partial charge in [0.05, 0.1) is 5.92 Å². The quantitative estimate of drug-likeness (QED) is 0.775. The second-order valence-corrected chi connectivity index (χ2v) is 6.28. The molecule has 17 heavy (non-hydrogen) atoms. The Balaban J connectivity index is 1.59. The second-order valence-electron chi connectivity index (χ2n) is 6.28. The first-order valence-electron chi connectivity index (χ1n) is 6.99. The number of aliphatic carboxylic acids is 1. The number of carboxylic acids is 1. The minimum Gasteiger partial charge on any atom is -0.481 e. The van der Waals surface area contributed by atoms with E-state index in [1.165, 1.54) is 32.4 Å². The first-order chi connectivity index (χ1) is 8.02. The number of rotatable bonds is 6. The Kier molecular flexibility index (Phi) is 3.76. The lowest BCUT2D eigenvalue weighted by Crippen LogP contribution is -2.62. The highest BCUT2D eigenvalue weighted by atomic mass is 16.4. The number of nitrogens with zero attached hydrogens (tertiary/aromatic N) is 1. The molecule has 1 spiro atoms. The third-order valence-corrected chi connectivity index (χ3v) is 4.80. The molecule has 3 nitrogen and oxygen atoms in total. The number of hydrogen-bond donors (Lipinski definition) is 1. The zero-order valence-electron chi connectivity index (χ0n) is 11.1. The van der Waals surface area contributed by atoms with Crippen LogP contribution in [-0.4, -0.2) is 35.1 Å². The summed E-state index contributed by atoms with van der Waals surface area (Å²) in [6, 6.07) is 0.641. The monoisotopic (exact) mass is 239 g/mol. The maximum atomic E-state index is 10.7. The molecule has 2 aliphatic rings. The summed E-state index contributed by atoms with van der Waals surface area (Å²) >= 11 is 0. The maximum absolute atomic E-state index is 10.7. The first-order valence-corrected chi connectivity index (χ1v) is 6.99. The molecular weight excluding hydrogens is 214 g/mol. The smallest absolute Gasteiger partial charge is 0.306 e. The van der Waals surface area contributed by atoms with Gasteiger partial charge in [0, 0.05) is 19.1 Å². The van der Waals surface area contributed by atoms with Gasteiger partial charge in [-0.25, -0.2) is 0 Å². The molecule has 3 heteroatoms. The summed E-state index contributed by atoms with van der Waals surface area (Å²) in [5, 5.41) is 8.81. The van der Waals surface area contributed by atoms with Crippen LogP contribution in [0.1, 0.15) is 52.4 Å². The minimum absolute atomic E-state index is 0.184. The molecule has 1 saturated heterocycles. The van der Waals surface area contributed by atoms with Gasteiger partial charge in [0.15, 0.2) is 0 Å². The van der Waals surface area contributed by atoms with E-state index in [9.17, 15) is 4.79 Å². The van der Waals surface area contributed by atoms with E-state index in [-0.39, 0.29) is 5.92 Å². The van der Waals surface area contributed by atoms with Crippen molar-refractivity contribution < 1.29 is 9.90 Å². The van der Waals surface area contributed by atoms with Crippen molar-refractivity contribution in [2.75, 3.05) is 13.1 Å². The fourth-order valence-electron chi connectivity index (χ4n) is 3.15. The summed E-state index contributed by atoms with van der Waals surface area (Å²) in [7, 11) is 0. The van der Waals surface area contributed by atoms with Crippen molar-refractivity contribution in [3.8, 4) is 0 Å². The van der Waals surface area contributed by atoms with Gasteiger partial charge in [0.2, 0.25) is 0 Å². The Hall–Kier alpha value is -0.570. The molecule has 1 N–H and O–H groups in total. The van der Waals surface area contributed by atoms with Gasteiger partial charge in [-0.2, -0.15) is 0 Å². The van der Waals surface area contributed by atoms with Crippen LogP contribution in [0, 0.1) is 11.3 Å². The summed E-state index contributed by atoms with van der Waals surface area (Å²) < 4.78 is 0. The Labute approximate surface area is 104 Å². The van der Waals surface area contributed by atoms with Gasteiger partial charge in [0.1, 0.15) is 0 Å². The standard InChI is InChI=1S/C14H25NO2/c1-11(13(16)17)5-3-6-12(2)15-9-14(10-15)7-4-8-14/h11-12H,3-10H2,1-2H3,(H,16,17). The van der Waals surface area contributed by atoms with E-state index < -0.39 is 5.97 Å². The van der Waals surface area contributed by atoms with Gasteiger partial charge in [-0.3, -0.25) is 9.69 Å². The van der Waals surface area contributed by atoms with Crippen molar-refractivity contribution in [2.24, 2.45) is 11.3 Å². The summed E-state index contributed by atoms with van der Waals surface area (Å²) in [5.41, 5.74) is 0.711. The molecular formula is C14H25NO2. The number of hydrogen-bond acceptors (Lipinski definition) is 2. The first kappa shape index (κ1) is 12.9. The van der Waals surface area contributed by atoms with Crippen molar-refractivity contribution in [1.29, 1.82) is 0 Å². The molecule has 1 aliphatic heterocycles. The summed E-state index contributed by atoms with van der Waals surface area (Å²) in [5.74, 6) is -0.841. The molecule has 1 saturated carbocycles. The molecule has 98 valence electrons. The number of carboxylic acid groups (broad SMARTS) is 1. The fourth-order valence-corrected chi connectivity index (χ4v) is 3.15. The van der Waals surface area contributed by atoms with Gasteiger partial charge < -0.3 is 5.11 Å². The zero-order valence-corrected chi connectivity index (χ0v) is 11.1. The molecule has 0 aromatic heterocycles. The molecule has 2 unspecified atom stereocenters. The van der Waals surface area contributed by atoms with Gasteiger partial charge in [-0.05, 0) is 38.0 Å². The van der Waals surface area contributed by atoms with Gasteiger partial charge in [0.25, 0.3) is 0 Å². The van der Waals surface area contributed by atoms with E-state index in [0.29, 0.717) is 11.5 Å². The van der Waals surface area contributed by atoms with Crippen LogP contribution in [-0.2, 0) is 4.79 Å². The van der Waals surface area contributed by atoms with Crippen LogP contribution in [0.4, 0.5) is 0 Å². The Bertz CT molecular complexity index is 278. The van der Waals surface area contributed by atoms with Crippen molar-refractivity contribution in [1.82, 2.24) is 4.90 Å². The molecule has 1 heterocycles. The van der Waals surface area contributed by atoms with E-state index in [1.54, 1.807) is 6.92 Å². The van der Waals surface area contributed by atoms with Crippen LogP contribution in [0.5, 0.6) is 0 Å². The minimum atomic E-state index is -0.657. The van der Waals surface area contributed by atoms with Crippen molar-refractivity contribution in [3.05, 3.63) is 0 Å². The lowest BCUT2D eigenvalue weighted by Gasteiger charge is -2.58. The highest BCUT2D eigenvalue weighted by molar-refractivity contribution is 5.69. The Morgan fingerprint density at radius 3 is 2.41 bits per heavy atom. The van der Waals surface area contributed by atoms with Crippen LogP contribution in [0.3, 0.4) is 0 Å². The topological polar surface area (TPSA) is 40.5 Å². The van der Waals surface area contributed by atoms with Crippen LogP contribution in [0.15, 0.2) is 0 Å². The highest BCUT2D eigenvalue weighted by Crippen LogP contribution is 2.48. The van der Waals surface area contributed by atoms with Gasteiger partial charge in [-0.1, -0.05) is 19.8 Å². The molecule has 2 rings (SSSR count). The average Bonchev–Trinajstić information content (AvgIpc) is 2.12. The second kappa shape index (κ2) is 4.97. The predicted octanol–water partition coefficient (Wildman–Crippen LogP) is 2.75. The fraction of sp³-hybridized carbons (Fsp3) is 0.929. The molecule has 0 amide bonds. The summed E-state index contributed by atoms with van der Waals surface area (Å²) in [6.45, 7) is 6.68. The van der Waals surface area contributed by atoms with E-state index >= 15 is 0 Å². The van der Waals surface area contributed by atoms with Crippen molar-refractivity contribution >= 4 is 5.97 Å². The van der Waals surface area contributed by atoms with E-state index in [4.69, 9.17) is 5.11 Å². The van der Waals surface area contributed by atoms with Crippen LogP contribution in [0.2, 0.25) is 0 Å². The maximum Gasteiger partial charge on any atom is 0.306 e. The molecule has 0 radical (unpaired) electrons. The van der Waals surface area contributed by atoms with Gasteiger partial charge in [-0.15, -0.1) is 0 Å². The number of likely N-dealkylation sites (tertiary alicyclic amines) is 1. The lowest BCUT2D eigenvalue weighted by molar-refractivity contribution is -0.141. The van der Waals surface area contributed by atoms with Gasteiger partial charge >= 0.3 is 5.97 Å². The normalized spacial score (nSPS) is 26.0. The zero-order chi connectivity index (χ0) is 12.5. The average molecular weight is 239 g/mol. The van der Waals surface area contributed by atoms with Crippen molar-refractivity contribution in [2.45, 2.75) is 58.4 Å². The van der Waals surface area contributed by atoms with Crippen LogP contribution < -0.4 is 0 Å². The van der Waals surface area contributed by atoms with Crippen molar-refractivity contribution in [3.63, 3.8) is 0 Å².